The Morgan fingerprint density at radius 3 is 2.79 bits per heavy atom. The Balaban J connectivity index is 1.86. The van der Waals surface area contributed by atoms with Crippen molar-refractivity contribution in [2.45, 2.75) is 18.4 Å². The molecule has 106 valence electrons. The smallest absolute Gasteiger partial charge is 0.186 e. The fourth-order valence-electron chi connectivity index (χ4n) is 2.26. The zero-order valence-corrected chi connectivity index (χ0v) is 13.3. The van der Waals surface area contributed by atoms with Crippen molar-refractivity contribution in [3.8, 4) is 0 Å². The molecule has 6 heteroatoms. The Bertz CT molecular complexity index is 443. The molecule has 2 rings (SSSR count). The first-order chi connectivity index (χ1) is 8.98. The highest BCUT2D eigenvalue weighted by Gasteiger charge is 2.31. The number of carbonyl (C=O) groups is 1. The van der Waals surface area contributed by atoms with Crippen LogP contribution in [0.3, 0.4) is 0 Å². The Morgan fingerprint density at radius 1 is 1.53 bits per heavy atom. The van der Waals surface area contributed by atoms with Gasteiger partial charge in [0.2, 0.25) is 0 Å². The van der Waals surface area contributed by atoms with Crippen LogP contribution >= 0.6 is 27.3 Å². The highest BCUT2D eigenvalue weighted by molar-refractivity contribution is 9.11. The SMILES string of the molecule is CN(CC(=O)c1ccc(Br)s1)CC1(O)CCOCC1. The third-order valence-corrected chi connectivity index (χ3v) is 4.91. The molecule has 4 nitrogen and oxygen atoms in total. The number of ether oxygens (including phenoxy) is 1. The standard InChI is InChI=1S/C13H18BrNO3S/c1-15(9-13(17)4-6-18-7-5-13)8-10(16)11-2-3-12(14)19-11/h2-3,17H,4-9H2,1H3. The van der Waals surface area contributed by atoms with Gasteiger partial charge < -0.3 is 9.84 Å². The molecule has 1 N–H and O–H groups in total. The molecule has 19 heavy (non-hydrogen) atoms. The number of aliphatic hydroxyl groups is 1. The van der Waals surface area contributed by atoms with E-state index in [-0.39, 0.29) is 5.78 Å². The number of likely N-dealkylation sites (N-methyl/N-ethyl adjacent to an activating group) is 1. The van der Waals surface area contributed by atoms with E-state index in [0.29, 0.717) is 39.1 Å². The van der Waals surface area contributed by atoms with Crippen molar-refractivity contribution in [1.29, 1.82) is 0 Å². The molecule has 0 aromatic carbocycles. The van der Waals surface area contributed by atoms with Gasteiger partial charge in [0.05, 0.1) is 20.8 Å². The topological polar surface area (TPSA) is 49.8 Å². The van der Waals surface area contributed by atoms with Crippen molar-refractivity contribution in [3.05, 3.63) is 20.8 Å². The molecular formula is C13H18BrNO3S. The van der Waals surface area contributed by atoms with Gasteiger partial charge in [-0.05, 0) is 35.1 Å². The van der Waals surface area contributed by atoms with E-state index in [0.717, 1.165) is 8.66 Å². The molecule has 0 bridgehead atoms. The molecule has 0 aliphatic carbocycles. The number of hydrogen-bond donors (Lipinski definition) is 1. The van der Waals surface area contributed by atoms with Crippen molar-refractivity contribution in [3.63, 3.8) is 0 Å². The van der Waals surface area contributed by atoms with Crippen LogP contribution in [0.4, 0.5) is 0 Å². The van der Waals surface area contributed by atoms with Gasteiger partial charge in [-0.25, -0.2) is 0 Å². The van der Waals surface area contributed by atoms with Crippen LogP contribution in [0.15, 0.2) is 15.9 Å². The summed E-state index contributed by atoms with van der Waals surface area (Å²) in [7, 11) is 1.87. The molecular weight excluding hydrogens is 330 g/mol. The number of halogens is 1. The highest BCUT2D eigenvalue weighted by Crippen LogP contribution is 2.24. The summed E-state index contributed by atoms with van der Waals surface area (Å²) in [5.74, 6) is 0.0915. The normalized spacial score (nSPS) is 18.7. The molecule has 0 atom stereocenters. The molecule has 0 spiro atoms. The molecule has 1 aromatic heterocycles. The van der Waals surface area contributed by atoms with Crippen molar-refractivity contribution >= 4 is 33.0 Å². The van der Waals surface area contributed by atoms with Gasteiger partial charge in [-0.3, -0.25) is 9.69 Å². The van der Waals surface area contributed by atoms with Crippen LogP contribution in [0.5, 0.6) is 0 Å². The first kappa shape index (κ1) is 15.1. The largest absolute Gasteiger partial charge is 0.388 e. The molecule has 2 heterocycles. The summed E-state index contributed by atoms with van der Waals surface area (Å²) in [6, 6.07) is 3.71. The molecule has 1 saturated heterocycles. The third kappa shape index (κ3) is 4.36. The van der Waals surface area contributed by atoms with Crippen LogP contribution in [0.2, 0.25) is 0 Å². The molecule has 1 aliphatic rings. The number of hydrogen-bond acceptors (Lipinski definition) is 5. The van der Waals surface area contributed by atoms with Crippen LogP contribution in [0, 0.1) is 0 Å². The van der Waals surface area contributed by atoms with E-state index in [9.17, 15) is 9.90 Å². The number of carbonyl (C=O) groups excluding carboxylic acids is 1. The van der Waals surface area contributed by atoms with E-state index < -0.39 is 5.60 Å². The highest BCUT2D eigenvalue weighted by atomic mass is 79.9. The van der Waals surface area contributed by atoms with Gasteiger partial charge in [-0.1, -0.05) is 0 Å². The van der Waals surface area contributed by atoms with Gasteiger partial charge in [0.25, 0.3) is 0 Å². The van der Waals surface area contributed by atoms with Crippen LogP contribution < -0.4 is 0 Å². The summed E-state index contributed by atoms with van der Waals surface area (Å²) < 4.78 is 6.21. The molecule has 1 fully saturated rings. The summed E-state index contributed by atoms with van der Waals surface area (Å²) in [5, 5.41) is 10.4. The van der Waals surface area contributed by atoms with Crippen LogP contribution in [-0.4, -0.2) is 54.7 Å². The molecule has 0 amide bonds. The first-order valence-corrected chi connectivity index (χ1v) is 7.87. The quantitative estimate of drug-likeness (QED) is 0.829. The molecule has 0 radical (unpaired) electrons. The lowest BCUT2D eigenvalue weighted by molar-refractivity contribution is -0.0758. The monoisotopic (exact) mass is 347 g/mol. The Labute approximate surface area is 125 Å². The van der Waals surface area contributed by atoms with E-state index in [4.69, 9.17) is 4.74 Å². The molecule has 1 aliphatic heterocycles. The average Bonchev–Trinajstić information content (AvgIpc) is 2.76. The molecule has 0 unspecified atom stereocenters. The minimum absolute atomic E-state index is 0.0915. The van der Waals surface area contributed by atoms with Gasteiger partial charge in [0.1, 0.15) is 0 Å². The summed E-state index contributed by atoms with van der Waals surface area (Å²) >= 11 is 4.79. The lowest BCUT2D eigenvalue weighted by Crippen LogP contribution is -2.46. The van der Waals surface area contributed by atoms with Gasteiger partial charge in [-0.2, -0.15) is 0 Å². The number of thiophene rings is 1. The van der Waals surface area contributed by atoms with Crippen LogP contribution in [-0.2, 0) is 4.74 Å². The number of ketones is 1. The minimum atomic E-state index is -0.719. The number of Topliss-reactive ketones (excluding diaryl/α,β-unsaturated/α-hetero) is 1. The van der Waals surface area contributed by atoms with E-state index in [1.54, 1.807) is 0 Å². The van der Waals surface area contributed by atoms with Gasteiger partial charge in [0, 0.05) is 32.6 Å². The number of nitrogens with zero attached hydrogens (tertiary/aromatic N) is 1. The fourth-order valence-corrected chi connectivity index (χ4v) is 3.57. The minimum Gasteiger partial charge on any atom is -0.388 e. The van der Waals surface area contributed by atoms with E-state index in [1.165, 1.54) is 11.3 Å². The molecule has 0 saturated carbocycles. The summed E-state index contributed by atoms with van der Waals surface area (Å²) in [4.78, 5) is 14.7. The Kier molecular flexibility index (Phi) is 5.14. The maximum Gasteiger partial charge on any atom is 0.186 e. The Morgan fingerprint density at radius 2 is 2.21 bits per heavy atom. The van der Waals surface area contributed by atoms with Crippen molar-refractivity contribution in [2.75, 3.05) is 33.4 Å². The van der Waals surface area contributed by atoms with Crippen molar-refractivity contribution in [1.82, 2.24) is 4.90 Å². The van der Waals surface area contributed by atoms with Crippen molar-refractivity contribution in [2.24, 2.45) is 0 Å². The predicted octanol–water partition coefficient (Wildman–Crippen LogP) is 2.17. The van der Waals surface area contributed by atoms with E-state index in [2.05, 4.69) is 15.9 Å². The lowest BCUT2D eigenvalue weighted by Gasteiger charge is -2.35. The zero-order valence-electron chi connectivity index (χ0n) is 10.9. The lowest BCUT2D eigenvalue weighted by atomic mass is 9.94. The predicted molar refractivity (Wildman–Crippen MR) is 78.8 cm³/mol. The summed E-state index contributed by atoms with van der Waals surface area (Å²) in [6.45, 7) is 2.02. The maximum atomic E-state index is 12.1. The van der Waals surface area contributed by atoms with Crippen LogP contribution in [0.1, 0.15) is 22.5 Å². The second-order valence-corrected chi connectivity index (χ2v) is 7.50. The zero-order chi connectivity index (χ0) is 13.9. The van der Waals surface area contributed by atoms with Gasteiger partial charge in [0.15, 0.2) is 5.78 Å². The maximum absolute atomic E-state index is 12.1. The fraction of sp³-hybridized carbons (Fsp3) is 0.615. The second kappa shape index (κ2) is 6.45. The Hall–Kier alpha value is -0.270. The first-order valence-electron chi connectivity index (χ1n) is 6.26. The third-order valence-electron chi connectivity index (χ3n) is 3.25. The summed E-state index contributed by atoms with van der Waals surface area (Å²) in [6.07, 6.45) is 1.27. The van der Waals surface area contributed by atoms with Gasteiger partial charge >= 0.3 is 0 Å². The van der Waals surface area contributed by atoms with Crippen molar-refractivity contribution < 1.29 is 14.6 Å². The average molecular weight is 348 g/mol. The van der Waals surface area contributed by atoms with E-state index in [1.807, 2.05) is 24.1 Å². The number of rotatable bonds is 5. The molecule has 1 aromatic rings. The summed E-state index contributed by atoms with van der Waals surface area (Å²) in [5.41, 5.74) is -0.719. The second-order valence-electron chi connectivity index (χ2n) is 5.04. The van der Waals surface area contributed by atoms with E-state index >= 15 is 0 Å². The van der Waals surface area contributed by atoms with Gasteiger partial charge in [-0.15, -0.1) is 11.3 Å². The van der Waals surface area contributed by atoms with Crippen LogP contribution in [0.25, 0.3) is 0 Å².